The van der Waals surface area contributed by atoms with E-state index in [1.165, 1.54) is 38.8 Å². The Labute approximate surface area is 95.4 Å². The monoisotopic (exact) mass is 212 g/mol. The van der Waals surface area contributed by atoms with Gasteiger partial charge in [-0.1, -0.05) is 26.7 Å². The quantitative estimate of drug-likeness (QED) is 0.664. The molecule has 0 aromatic rings. The van der Waals surface area contributed by atoms with Crippen molar-refractivity contribution in [3.63, 3.8) is 0 Å². The molecule has 0 aromatic carbocycles. The van der Waals surface area contributed by atoms with E-state index < -0.39 is 0 Å². The van der Waals surface area contributed by atoms with E-state index in [2.05, 4.69) is 38.2 Å². The van der Waals surface area contributed by atoms with Gasteiger partial charge in [0.25, 0.3) is 0 Å². The summed E-state index contributed by atoms with van der Waals surface area (Å²) < 4.78 is 0. The van der Waals surface area contributed by atoms with E-state index in [0.717, 1.165) is 11.8 Å². The van der Waals surface area contributed by atoms with Crippen LogP contribution in [0.15, 0.2) is 0 Å². The fraction of sp³-hybridized carbons (Fsp3) is 1.00. The third-order valence-electron chi connectivity index (χ3n) is 3.02. The Morgan fingerprint density at radius 2 is 1.93 bits per heavy atom. The lowest BCUT2D eigenvalue weighted by atomic mass is 10.0. The lowest BCUT2D eigenvalue weighted by molar-refractivity contribution is 0.304. The van der Waals surface area contributed by atoms with Crippen molar-refractivity contribution in [3.8, 4) is 0 Å². The molecule has 0 spiro atoms. The summed E-state index contributed by atoms with van der Waals surface area (Å²) in [6.07, 6.45) is 5.64. The Morgan fingerprint density at radius 1 is 1.27 bits per heavy atom. The Kier molecular flexibility index (Phi) is 5.62. The van der Waals surface area contributed by atoms with Gasteiger partial charge in [0.2, 0.25) is 0 Å². The molecular formula is C13H28N2. The molecule has 0 radical (unpaired) electrons. The van der Waals surface area contributed by atoms with E-state index in [0.29, 0.717) is 6.04 Å². The van der Waals surface area contributed by atoms with Gasteiger partial charge in [0.1, 0.15) is 0 Å². The molecule has 1 N–H and O–H groups in total. The first kappa shape index (κ1) is 13.0. The van der Waals surface area contributed by atoms with Crippen LogP contribution in [0.1, 0.15) is 39.5 Å². The molecule has 0 aromatic heterocycles. The topological polar surface area (TPSA) is 15.3 Å². The van der Waals surface area contributed by atoms with Crippen molar-refractivity contribution in [2.24, 2.45) is 11.8 Å². The summed E-state index contributed by atoms with van der Waals surface area (Å²) in [7, 11) is 4.33. The van der Waals surface area contributed by atoms with Crippen LogP contribution >= 0.6 is 0 Å². The number of hydrogen-bond donors (Lipinski definition) is 1. The largest absolute Gasteiger partial charge is 0.313 e. The predicted molar refractivity (Wildman–Crippen MR) is 67.1 cm³/mol. The maximum Gasteiger partial charge on any atom is 0.0197 e. The molecule has 2 heteroatoms. The van der Waals surface area contributed by atoms with E-state index in [4.69, 9.17) is 0 Å². The first-order valence-corrected chi connectivity index (χ1v) is 6.46. The molecule has 1 saturated carbocycles. The third kappa shape index (κ3) is 6.91. The Morgan fingerprint density at radius 3 is 2.40 bits per heavy atom. The minimum absolute atomic E-state index is 0.679. The van der Waals surface area contributed by atoms with Gasteiger partial charge in [-0.05, 0) is 45.3 Å². The minimum atomic E-state index is 0.679. The van der Waals surface area contributed by atoms with Gasteiger partial charge in [-0.25, -0.2) is 0 Å². The van der Waals surface area contributed by atoms with Crippen molar-refractivity contribution in [1.82, 2.24) is 10.2 Å². The fourth-order valence-electron chi connectivity index (χ4n) is 2.13. The maximum absolute atomic E-state index is 3.71. The van der Waals surface area contributed by atoms with Crippen LogP contribution < -0.4 is 5.32 Å². The fourth-order valence-corrected chi connectivity index (χ4v) is 2.13. The average Bonchev–Trinajstić information content (AvgIpc) is 2.85. The zero-order valence-corrected chi connectivity index (χ0v) is 10.9. The first-order valence-electron chi connectivity index (χ1n) is 6.46. The van der Waals surface area contributed by atoms with E-state index in [1.54, 1.807) is 0 Å². The lowest BCUT2D eigenvalue weighted by Crippen LogP contribution is -2.39. The number of nitrogens with zero attached hydrogens (tertiary/aromatic N) is 1. The Hall–Kier alpha value is -0.0800. The van der Waals surface area contributed by atoms with Gasteiger partial charge in [-0.15, -0.1) is 0 Å². The molecule has 0 bridgehead atoms. The molecule has 0 aliphatic heterocycles. The third-order valence-corrected chi connectivity index (χ3v) is 3.02. The molecule has 1 atom stereocenters. The summed E-state index contributed by atoms with van der Waals surface area (Å²) in [6.45, 7) is 7.01. The number of hydrogen-bond acceptors (Lipinski definition) is 2. The van der Waals surface area contributed by atoms with Crippen molar-refractivity contribution in [1.29, 1.82) is 0 Å². The molecule has 1 aliphatic carbocycles. The van der Waals surface area contributed by atoms with E-state index in [1.807, 2.05) is 0 Å². The Balaban J connectivity index is 2.13. The van der Waals surface area contributed by atoms with Crippen LogP contribution in [0.2, 0.25) is 0 Å². The molecule has 90 valence electrons. The van der Waals surface area contributed by atoms with E-state index in [9.17, 15) is 0 Å². The molecule has 0 amide bonds. The van der Waals surface area contributed by atoms with Crippen molar-refractivity contribution in [3.05, 3.63) is 0 Å². The van der Waals surface area contributed by atoms with E-state index in [-0.39, 0.29) is 0 Å². The van der Waals surface area contributed by atoms with Crippen LogP contribution in [0, 0.1) is 11.8 Å². The highest BCUT2D eigenvalue weighted by atomic mass is 15.1. The summed E-state index contributed by atoms with van der Waals surface area (Å²) in [5.41, 5.74) is 0. The molecule has 1 aliphatic rings. The summed E-state index contributed by atoms with van der Waals surface area (Å²) in [6, 6.07) is 0.679. The molecule has 0 heterocycles. The smallest absolute Gasteiger partial charge is 0.0197 e. The van der Waals surface area contributed by atoms with Crippen LogP contribution in [-0.2, 0) is 0 Å². The normalized spacial score (nSPS) is 18.8. The first-order chi connectivity index (χ1) is 7.08. The van der Waals surface area contributed by atoms with Gasteiger partial charge in [-0.3, -0.25) is 0 Å². The zero-order valence-electron chi connectivity index (χ0n) is 10.9. The van der Waals surface area contributed by atoms with Crippen molar-refractivity contribution >= 4 is 0 Å². The van der Waals surface area contributed by atoms with Gasteiger partial charge in [0.15, 0.2) is 0 Å². The molecule has 2 nitrogen and oxygen atoms in total. The second-order valence-electron chi connectivity index (χ2n) is 5.77. The molecule has 1 fully saturated rings. The van der Waals surface area contributed by atoms with Crippen molar-refractivity contribution in [2.75, 3.05) is 27.2 Å². The van der Waals surface area contributed by atoms with Crippen LogP contribution in [0.5, 0.6) is 0 Å². The summed E-state index contributed by atoms with van der Waals surface area (Å²) in [5.74, 6) is 1.85. The molecule has 15 heavy (non-hydrogen) atoms. The number of rotatable bonds is 8. The second-order valence-corrected chi connectivity index (χ2v) is 5.77. The predicted octanol–water partition coefficient (Wildman–Crippen LogP) is 2.35. The van der Waals surface area contributed by atoms with Gasteiger partial charge < -0.3 is 10.2 Å². The average molecular weight is 212 g/mol. The molecule has 1 rings (SSSR count). The van der Waals surface area contributed by atoms with Crippen LogP contribution in [0.25, 0.3) is 0 Å². The SMILES string of the molecule is CC(C)CC(CN(C)C)NCCC1CC1. The summed E-state index contributed by atoms with van der Waals surface area (Å²) in [5, 5.41) is 3.71. The lowest BCUT2D eigenvalue weighted by Gasteiger charge is -2.24. The number of likely N-dealkylation sites (N-methyl/N-ethyl adjacent to an activating group) is 1. The standard InChI is InChI=1S/C13H28N2/c1-11(2)9-13(10-15(3)4)14-8-7-12-5-6-12/h11-14H,5-10H2,1-4H3. The van der Waals surface area contributed by atoms with Gasteiger partial charge in [0, 0.05) is 12.6 Å². The number of nitrogens with one attached hydrogen (secondary N) is 1. The Bertz CT molecular complexity index is 152. The van der Waals surface area contributed by atoms with Crippen molar-refractivity contribution < 1.29 is 0 Å². The van der Waals surface area contributed by atoms with Crippen LogP contribution in [-0.4, -0.2) is 38.1 Å². The highest BCUT2D eigenvalue weighted by Crippen LogP contribution is 2.31. The summed E-state index contributed by atoms with van der Waals surface area (Å²) in [4.78, 5) is 2.29. The molecule has 0 saturated heterocycles. The maximum atomic E-state index is 3.71. The van der Waals surface area contributed by atoms with Crippen molar-refractivity contribution in [2.45, 2.75) is 45.6 Å². The molecule has 1 unspecified atom stereocenters. The second kappa shape index (κ2) is 6.49. The summed E-state index contributed by atoms with van der Waals surface area (Å²) >= 11 is 0. The zero-order chi connectivity index (χ0) is 11.3. The van der Waals surface area contributed by atoms with Crippen LogP contribution in [0.4, 0.5) is 0 Å². The van der Waals surface area contributed by atoms with Gasteiger partial charge in [0.05, 0.1) is 0 Å². The van der Waals surface area contributed by atoms with Gasteiger partial charge >= 0.3 is 0 Å². The molecular weight excluding hydrogens is 184 g/mol. The highest BCUT2D eigenvalue weighted by Gasteiger charge is 2.21. The highest BCUT2D eigenvalue weighted by molar-refractivity contribution is 4.76. The van der Waals surface area contributed by atoms with Crippen LogP contribution in [0.3, 0.4) is 0 Å². The van der Waals surface area contributed by atoms with E-state index >= 15 is 0 Å². The van der Waals surface area contributed by atoms with Gasteiger partial charge in [-0.2, -0.15) is 0 Å². The minimum Gasteiger partial charge on any atom is -0.313 e.